The van der Waals surface area contributed by atoms with E-state index in [-0.39, 0.29) is 11.5 Å². The minimum absolute atomic E-state index is 0.0875. The largest absolute Gasteiger partial charge is 0.489 e. The van der Waals surface area contributed by atoms with Gasteiger partial charge in [0.1, 0.15) is 17.9 Å². The van der Waals surface area contributed by atoms with E-state index in [2.05, 4.69) is 5.43 Å². The van der Waals surface area contributed by atoms with Gasteiger partial charge >= 0.3 is 0 Å². The van der Waals surface area contributed by atoms with Crippen molar-refractivity contribution in [2.45, 2.75) is 13.5 Å². The third-order valence-corrected chi connectivity index (χ3v) is 4.60. The summed E-state index contributed by atoms with van der Waals surface area (Å²) >= 11 is 0. The highest BCUT2D eigenvalue weighted by Gasteiger charge is 2.34. The molecule has 1 saturated heterocycles. The highest BCUT2D eigenvalue weighted by molar-refractivity contribution is 6.31. The number of anilines is 1. The minimum Gasteiger partial charge on any atom is -0.489 e. The van der Waals surface area contributed by atoms with Crippen LogP contribution in [-0.4, -0.2) is 11.8 Å². The monoisotopic (exact) mass is 384 g/mol. The fourth-order valence-electron chi connectivity index (χ4n) is 3.03. The van der Waals surface area contributed by atoms with Crippen molar-refractivity contribution in [3.05, 3.63) is 101 Å². The minimum atomic E-state index is -0.426. The lowest BCUT2D eigenvalue weighted by Crippen LogP contribution is -2.35. The van der Waals surface area contributed by atoms with Crippen LogP contribution in [0.3, 0.4) is 0 Å². The summed E-state index contributed by atoms with van der Waals surface area (Å²) < 4.78 is 5.86. The molecular formula is C24H20N2O3. The Bertz CT molecular complexity index is 1070. The molecule has 0 aromatic heterocycles. The summed E-state index contributed by atoms with van der Waals surface area (Å²) in [6, 6.07) is 24.5. The number of carbonyl (C=O) groups excluding carboxylic acids is 2. The van der Waals surface area contributed by atoms with Gasteiger partial charge in [-0.15, -0.1) is 0 Å². The Kier molecular flexibility index (Phi) is 5.12. The van der Waals surface area contributed by atoms with Gasteiger partial charge < -0.3 is 4.74 Å². The normalized spacial score (nSPS) is 14.9. The summed E-state index contributed by atoms with van der Waals surface area (Å²) in [5.41, 5.74) is 6.30. The van der Waals surface area contributed by atoms with Crippen molar-refractivity contribution in [2.24, 2.45) is 0 Å². The molecule has 29 heavy (non-hydrogen) atoms. The Morgan fingerprint density at radius 1 is 0.931 bits per heavy atom. The number of hydrazine groups is 1. The van der Waals surface area contributed by atoms with Gasteiger partial charge in [-0.3, -0.25) is 15.0 Å². The zero-order chi connectivity index (χ0) is 20.2. The summed E-state index contributed by atoms with van der Waals surface area (Å²) in [4.78, 5) is 25.0. The number of nitrogens with one attached hydrogen (secondary N) is 1. The van der Waals surface area contributed by atoms with E-state index < -0.39 is 5.91 Å². The third kappa shape index (κ3) is 4.19. The van der Waals surface area contributed by atoms with Gasteiger partial charge in [0.05, 0.1) is 5.69 Å². The molecule has 1 aliphatic rings. The number of carbonyl (C=O) groups is 2. The first kappa shape index (κ1) is 18.5. The summed E-state index contributed by atoms with van der Waals surface area (Å²) in [7, 11) is 0. The lowest BCUT2D eigenvalue weighted by atomic mass is 10.1. The summed E-state index contributed by atoms with van der Waals surface area (Å²) in [6.45, 7) is 2.49. The number of ether oxygens (including phenoxy) is 1. The molecule has 1 N–H and O–H groups in total. The van der Waals surface area contributed by atoms with Crippen LogP contribution in [0.15, 0.2) is 84.4 Å². The van der Waals surface area contributed by atoms with Crippen molar-refractivity contribution < 1.29 is 14.3 Å². The number of rotatable bonds is 5. The first-order valence-corrected chi connectivity index (χ1v) is 9.31. The molecule has 3 aromatic carbocycles. The average Bonchev–Trinajstić information content (AvgIpc) is 3.03. The molecule has 5 heteroatoms. The Morgan fingerprint density at radius 3 is 2.45 bits per heavy atom. The summed E-state index contributed by atoms with van der Waals surface area (Å²) in [5, 5.41) is 1.26. The van der Waals surface area contributed by atoms with Crippen molar-refractivity contribution in [2.75, 3.05) is 5.01 Å². The second kappa shape index (κ2) is 8.02. The molecule has 1 aliphatic heterocycles. The van der Waals surface area contributed by atoms with Crippen molar-refractivity contribution in [1.29, 1.82) is 0 Å². The molecule has 0 saturated carbocycles. The van der Waals surface area contributed by atoms with E-state index in [4.69, 9.17) is 4.74 Å². The van der Waals surface area contributed by atoms with Gasteiger partial charge in [0.25, 0.3) is 11.8 Å². The molecule has 0 atom stereocenters. The van der Waals surface area contributed by atoms with E-state index in [9.17, 15) is 9.59 Å². The van der Waals surface area contributed by atoms with Gasteiger partial charge in [-0.05, 0) is 48.4 Å². The van der Waals surface area contributed by atoms with Crippen LogP contribution in [0, 0.1) is 6.92 Å². The van der Waals surface area contributed by atoms with E-state index >= 15 is 0 Å². The standard InChI is InChI=1S/C24H20N2O3/c1-17-10-12-18(13-11-17)16-29-21-9-5-6-19(14-21)15-22-23(27)25-26(24(22)28)20-7-3-2-4-8-20/h2-15H,16H2,1H3,(H,25,27)/b22-15-. The molecule has 0 aliphatic carbocycles. The van der Waals surface area contributed by atoms with Crippen LogP contribution in [-0.2, 0) is 16.2 Å². The summed E-state index contributed by atoms with van der Waals surface area (Å²) in [5.74, 6) is -0.136. The molecule has 2 amide bonds. The maximum atomic E-state index is 12.7. The number of amides is 2. The lowest BCUT2D eigenvalue weighted by molar-refractivity contribution is -0.117. The number of para-hydroxylation sites is 1. The Morgan fingerprint density at radius 2 is 1.69 bits per heavy atom. The molecular weight excluding hydrogens is 364 g/mol. The zero-order valence-electron chi connectivity index (χ0n) is 16.0. The number of aryl methyl sites for hydroxylation is 1. The van der Waals surface area contributed by atoms with Crippen LogP contribution in [0.25, 0.3) is 6.08 Å². The van der Waals surface area contributed by atoms with Crippen LogP contribution < -0.4 is 15.2 Å². The van der Waals surface area contributed by atoms with Crippen LogP contribution in [0.2, 0.25) is 0 Å². The van der Waals surface area contributed by atoms with Crippen LogP contribution in [0.5, 0.6) is 5.75 Å². The fourth-order valence-corrected chi connectivity index (χ4v) is 3.03. The Labute approximate surface area is 169 Å². The quantitative estimate of drug-likeness (QED) is 0.534. The van der Waals surface area contributed by atoms with Crippen molar-refractivity contribution >= 4 is 23.6 Å². The molecule has 1 heterocycles. The Balaban J connectivity index is 1.50. The van der Waals surface area contributed by atoms with E-state index in [0.29, 0.717) is 18.0 Å². The van der Waals surface area contributed by atoms with E-state index in [1.54, 1.807) is 18.2 Å². The number of hydrogen-bond donors (Lipinski definition) is 1. The first-order valence-electron chi connectivity index (χ1n) is 9.31. The third-order valence-electron chi connectivity index (χ3n) is 4.60. The summed E-state index contributed by atoms with van der Waals surface area (Å²) in [6.07, 6.45) is 1.58. The van der Waals surface area contributed by atoms with Gasteiger partial charge in [0, 0.05) is 0 Å². The molecule has 144 valence electrons. The molecule has 0 bridgehead atoms. The van der Waals surface area contributed by atoms with Gasteiger partial charge in [-0.1, -0.05) is 60.2 Å². The molecule has 0 unspecified atom stereocenters. The van der Waals surface area contributed by atoms with Gasteiger partial charge in [-0.25, -0.2) is 5.01 Å². The number of hydrogen-bond acceptors (Lipinski definition) is 3. The average molecular weight is 384 g/mol. The van der Waals surface area contributed by atoms with Crippen molar-refractivity contribution in [3.8, 4) is 5.75 Å². The van der Waals surface area contributed by atoms with Gasteiger partial charge in [0.15, 0.2) is 0 Å². The van der Waals surface area contributed by atoms with E-state index in [1.165, 1.54) is 10.6 Å². The topological polar surface area (TPSA) is 58.6 Å². The molecule has 0 spiro atoms. The van der Waals surface area contributed by atoms with Crippen molar-refractivity contribution in [3.63, 3.8) is 0 Å². The Hall–Kier alpha value is -3.86. The zero-order valence-corrected chi connectivity index (χ0v) is 16.0. The fraction of sp³-hybridized carbons (Fsp3) is 0.0833. The van der Waals surface area contributed by atoms with Gasteiger partial charge in [0.2, 0.25) is 0 Å². The van der Waals surface area contributed by atoms with Crippen molar-refractivity contribution in [1.82, 2.24) is 5.43 Å². The van der Waals surface area contributed by atoms with Crippen LogP contribution in [0.4, 0.5) is 5.69 Å². The first-order chi connectivity index (χ1) is 14.1. The predicted octanol–water partition coefficient (Wildman–Crippen LogP) is 4.04. The molecule has 1 fully saturated rings. The van der Waals surface area contributed by atoms with Gasteiger partial charge in [-0.2, -0.15) is 0 Å². The highest BCUT2D eigenvalue weighted by Crippen LogP contribution is 2.23. The van der Waals surface area contributed by atoms with Crippen LogP contribution in [0.1, 0.15) is 16.7 Å². The second-order valence-corrected chi connectivity index (χ2v) is 6.82. The van der Waals surface area contributed by atoms with Crippen LogP contribution >= 0.6 is 0 Å². The second-order valence-electron chi connectivity index (χ2n) is 6.82. The molecule has 4 rings (SSSR count). The maximum Gasteiger partial charge on any atom is 0.282 e. The lowest BCUT2D eigenvalue weighted by Gasteiger charge is -2.13. The number of nitrogens with zero attached hydrogens (tertiary/aromatic N) is 1. The maximum absolute atomic E-state index is 12.7. The molecule has 0 radical (unpaired) electrons. The van der Waals surface area contributed by atoms with E-state index in [1.807, 2.05) is 73.7 Å². The molecule has 5 nitrogen and oxygen atoms in total. The smallest absolute Gasteiger partial charge is 0.282 e. The molecule has 3 aromatic rings. The van der Waals surface area contributed by atoms with E-state index in [0.717, 1.165) is 11.1 Å². The SMILES string of the molecule is Cc1ccc(COc2cccc(/C=C3/C(=O)NN(c4ccccc4)C3=O)c2)cc1. The highest BCUT2D eigenvalue weighted by atomic mass is 16.5. The predicted molar refractivity (Wildman–Crippen MR) is 112 cm³/mol. The number of benzene rings is 3.